The lowest BCUT2D eigenvalue weighted by Gasteiger charge is -2.17. The summed E-state index contributed by atoms with van der Waals surface area (Å²) in [6.45, 7) is 6.43. The molecule has 14 heavy (non-hydrogen) atoms. The molecular formula is C11H13N3. The molecule has 0 bridgehead atoms. The fourth-order valence-electron chi connectivity index (χ4n) is 1.29. The van der Waals surface area contributed by atoms with Gasteiger partial charge in [-0.25, -0.2) is 9.97 Å². The van der Waals surface area contributed by atoms with Gasteiger partial charge in [-0.05, 0) is 6.07 Å². The molecule has 0 spiro atoms. The molecule has 3 heteroatoms. The van der Waals surface area contributed by atoms with Crippen LogP contribution in [0.15, 0.2) is 24.8 Å². The number of pyridine rings is 1. The van der Waals surface area contributed by atoms with E-state index in [1.165, 1.54) is 0 Å². The van der Waals surface area contributed by atoms with Gasteiger partial charge in [-0.15, -0.1) is 0 Å². The van der Waals surface area contributed by atoms with Crippen molar-refractivity contribution in [2.24, 2.45) is 0 Å². The van der Waals surface area contributed by atoms with Gasteiger partial charge >= 0.3 is 0 Å². The van der Waals surface area contributed by atoms with Gasteiger partial charge in [-0.1, -0.05) is 20.8 Å². The molecule has 0 amide bonds. The van der Waals surface area contributed by atoms with Crippen LogP contribution >= 0.6 is 0 Å². The third kappa shape index (κ3) is 1.58. The number of hydrogen-bond acceptors (Lipinski definition) is 3. The molecule has 3 nitrogen and oxygen atoms in total. The highest BCUT2D eigenvalue weighted by molar-refractivity contribution is 5.76. The van der Waals surface area contributed by atoms with Crippen LogP contribution in [0, 0.1) is 0 Å². The minimum absolute atomic E-state index is 0.0734. The molecule has 0 aliphatic carbocycles. The first-order valence-electron chi connectivity index (χ1n) is 4.63. The van der Waals surface area contributed by atoms with Crippen LogP contribution < -0.4 is 0 Å². The normalized spacial score (nSPS) is 11.9. The van der Waals surface area contributed by atoms with Crippen LogP contribution in [0.3, 0.4) is 0 Å². The molecular weight excluding hydrogens is 174 g/mol. The summed E-state index contributed by atoms with van der Waals surface area (Å²) in [5.41, 5.74) is 2.04. The Balaban J connectivity index is 2.63. The summed E-state index contributed by atoms with van der Waals surface area (Å²) >= 11 is 0. The Labute approximate surface area is 83.2 Å². The molecule has 0 N–H and O–H groups in total. The predicted molar refractivity (Wildman–Crippen MR) is 56.0 cm³/mol. The second-order valence-corrected chi connectivity index (χ2v) is 4.40. The van der Waals surface area contributed by atoms with Crippen LogP contribution in [0.2, 0.25) is 0 Å². The summed E-state index contributed by atoms with van der Waals surface area (Å²) in [5, 5.41) is 1.05. The molecule has 0 saturated carbocycles. The van der Waals surface area contributed by atoms with E-state index >= 15 is 0 Å². The fraction of sp³-hybridized carbons (Fsp3) is 0.364. The molecule has 0 atom stereocenters. The largest absolute Gasteiger partial charge is 0.258 e. The quantitative estimate of drug-likeness (QED) is 0.635. The SMILES string of the molecule is CC(C)(C)c1cc2cncnc2cn1. The van der Waals surface area contributed by atoms with Gasteiger partial charge in [0.25, 0.3) is 0 Å². The van der Waals surface area contributed by atoms with Crippen molar-refractivity contribution in [2.75, 3.05) is 0 Å². The van der Waals surface area contributed by atoms with Gasteiger partial charge < -0.3 is 0 Å². The average molecular weight is 187 g/mol. The highest BCUT2D eigenvalue weighted by atomic mass is 14.8. The Morgan fingerprint density at radius 1 is 1.07 bits per heavy atom. The Bertz CT molecular complexity index is 457. The standard InChI is InChI=1S/C11H13N3/c1-11(2,3)10-4-8-5-12-7-14-9(8)6-13-10/h4-7H,1-3H3. The maximum atomic E-state index is 4.39. The van der Waals surface area contributed by atoms with Crippen LogP contribution in [-0.2, 0) is 5.41 Å². The number of rotatable bonds is 0. The van der Waals surface area contributed by atoms with E-state index in [9.17, 15) is 0 Å². The molecule has 0 radical (unpaired) electrons. The molecule has 2 aromatic rings. The van der Waals surface area contributed by atoms with Gasteiger partial charge in [0.05, 0.1) is 11.7 Å². The van der Waals surface area contributed by atoms with Crippen LogP contribution in [0.4, 0.5) is 0 Å². The van der Waals surface area contributed by atoms with E-state index in [0.29, 0.717) is 0 Å². The minimum Gasteiger partial charge on any atom is -0.258 e. The molecule has 2 aromatic heterocycles. The molecule has 72 valence electrons. The summed E-state index contributed by atoms with van der Waals surface area (Å²) in [7, 11) is 0. The van der Waals surface area contributed by atoms with Gasteiger partial charge in [0.2, 0.25) is 0 Å². The highest BCUT2D eigenvalue weighted by Crippen LogP contribution is 2.22. The molecule has 0 aliphatic rings. The number of aromatic nitrogens is 3. The third-order valence-corrected chi connectivity index (χ3v) is 2.16. The van der Waals surface area contributed by atoms with Crippen LogP contribution in [0.5, 0.6) is 0 Å². The minimum atomic E-state index is 0.0734. The average Bonchev–Trinajstić information content (AvgIpc) is 2.16. The van der Waals surface area contributed by atoms with Crippen LogP contribution in [0.1, 0.15) is 26.5 Å². The van der Waals surface area contributed by atoms with Gasteiger partial charge in [-0.3, -0.25) is 4.98 Å². The van der Waals surface area contributed by atoms with Crippen molar-refractivity contribution in [3.05, 3.63) is 30.5 Å². The van der Waals surface area contributed by atoms with Crippen molar-refractivity contribution in [1.29, 1.82) is 0 Å². The van der Waals surface area contributed by atoms with E-state index < -0.39 is 0 Å². The van der Waals surface area contributed by atoms with Crippen LogP contribution in [0.25, 0.3) is 10.9 Å². The second kappa shape index (κ2) is 3.01. The lowest BCUT2D eigenvalue weighted by atomic mass is 9.91. The summed E-state index contributed by atoms with van der Waals surface area (Å²) in [6.07, 6.45) is 5.16. The Hall–Kier alpha value is -1.51. The summed E-state index contributed by atoms with van der Waals surface area (Å²) in [6, 6.07) is 2.05. The zero-order valence-corrected chi connectivity index (χ0v) is 8.65. The van der Waals surface area contributed by atoms with Crippen molar-refractivity contribution < 1.29 is 0 Å². The van der Waals surface area contributed by atoms with Crippen molar-refractivity contribution in [3.63, 3.8) is 0 Å². The number of hydrogen-bond donors (Lipinski definition) is 0. The number of fused-ring (bicyclic) bond motifs is 1. The van der Waals surface area contributed by atoms with E-state index in [0.717, 1.165) is 16.6 Å². The smallest absolute Gasteiger partial charge is 0.116 e. The Morgan fingerprint density at radius 3 is 2.57 bits per heavy atom. The van der Waals surface area contributed by atoms with Crippen molar-refractivity contribution >= 4 is 10.9 Å². The van der Waals surface area contributed by atoms with Gasteiger partial charge in [0.1, 0.15) is 6.33 Å². The van der Waals surface area contributed by atoms with Gasteiger partial charge in [0, 0.05) is 22.7 Å². The monoisotopic (exact) mass is 187 g/mol. The van der Waals surface area contributed by atoms with Crippen LogP contribution in [-0.4, -0.2) is 15.0 Å². The predicted octanol–water partition coefficient (Wildman–Crippen LogP) is 2.32. The maximum absolute atomic E-state index is 4.39. The first kappa shape index (κ1) is 9.06. The molecule has 2 heterocycles. The summed E-state index contributed by atoms with van der Waals surface area (Å²) < 4.78 is 0. The van der Waals surface area contributed by atoms with Gasteiger partial charge in [-0.2, -0.15) is 0 Å². The molecule has 0 fully saturated rings. The topological polar surface area (TPSA) is 38.7 Å². The lowest BCUT2D eigenvalue weighted by molar-refractivity contribution is 0.570. The van der Waals surface area contributed by atoms with E-state index in [1.54, 1.807) is 12.5 Å². The zero-order chi connectivity index (χ0) is 10.2. The maximum Gasteiger partial charge on any atom is 0.116 e. The molecule has 0 saturated heterocycles. The third-order valence-electron chi connectivity index (χ3n) is 2.16. The Morgan fingerprint density at radius 2 is 1.86 bits per heavy atom. The first-order chi connectivity index (χ1) is 6.57. The molecule has 0 aliphatic heterocycles. The molecule has 2 rings (SSSR count). The zero-order valence-electron chi connectivity index (χ0n) is 8.65. The summed E-state index contributed by atoms with van der Waals surface area (Å²) in [5.74, 6) is 0. The van der Waals surface area contributed by atoms with Crippen molar-refractivity contribution in [1.82, 2.24) is 15.0 Å². The van der Waals surface area contributed by atoms with Gasteiger partial charge in [0.15, 0.2) is 0 Å². The first-order valence-corrected chi connectivity index (χ1v) is 4.63. The summed E-state index contributed by atoms with van der Waals surface area (Å²) in [4.78, 5) is 12.5. The Kier molecular flexibility index (Phi) is 1.95. The molecule has 0 aromatic carbocycles. The van der Waals surface area contributed by atoms with E-state index in [1.807, 2.05) is 6.20 Å². The fourth-order valence-corrected chi connectivity index (χ4v) is 1.29. The molecule has 0 unspecified atom stereocenters. The second-order valence-electron chi connectivity index (χ2n) is 4.40. The van der Waals surface area contributed by atoms with E-state index in [-0.39, 0.29) is 5.41 Å². The van der Waals surface area contributed by atoms with Crippen molar-refractivity contribution in [3.8, 4) is 0 Å². The van der Waals surface area contributed by atoms with E-state index in [2.05, 4.69) is 41.8 Å². The van der Waals surface area contributed by atoms with E-state index in [4.69, 9.17) is 0 Å². The highest BCUT2D eigenvalue weighted by Gasteiger charge is 2.15. The lowest BCUT2D eigenvalue weighted by Crippen LogP contribution is -2.13. The van der Waals surface area contributed by atoms with Crippen molar-refractivity contribution in [2.45, 2.75) is 26.2 Å². The number of nitrogens with zero attached hydrogens (tertiary/aromatic N) is 3.